The Bertz CT molecular complexity index is 824. The SMILES string of the molecule is CC1(C)CCc2c(c3ccccc3c3nccnc23)O1. The zero-order valence-corrected chi connectivity index (χ0v) is 11.7. The first-order valence-corrected chi connectivity index (χ1v) is 6.99. The highest BCUT2D eigenvalue weighted by Gasteiger charge is 2.30. The van der Waals surface area contributed by atoms with E-state index in [4.69, 9.17) is 4.74 Å². The molecule has 1 aliphatic rings. The molecule has 0 saturated heterocycles. The van der Waals surface area contributed by atoms with Crippen LogP contribution in [-0.2, 0) is 6.42 Å². The number of fused-ring (bicyclic) bond motifs is 6. The largest absolute Gasteiger partial charge is 0.487 e. The summed E-state index contributed by atoms with van der Waals surface area (Å²) in [5.41, 5.74) is 3.04. The van der Waals surface area contributed by atoms with Crippen molar-refractivity contribution in [3.05, 3.63) is 42.2 Å². The molecule has 0 N–H and O–H groups in total. The van der Waals surface area contributed by atoms with Gasteiger partial charge in [-0.2, -0.15) is 0 Å². The minimum Gasteiger partial charge on any atom is -0.487 e. The highest BCUT2D eigenvalue weighted by Crippen LogP contribution is 2.42. The predicted octanol–water partition coefficient (Wildman–Crippen LogP) is 3.89. The van der Waals surface area contributed by atoms with Crippen LogP contribution in [-0.4, -0.2) is 15.6 Å². The van der Waals surface area contributed by atoms with Gasteiger partial charge in [-0.1, -0.05) is 24.3 Å². The molecule has 20 heavy (non-hydrogen) atoms. The predicted molar refractivity (Wildman–Crippen MR) is 80.1 cm³/mol. The smallest absolute Gasteiger partial charge is 0.133 e. The fraction of sp³-hybridized carbons (Fsp3) is 0.294. The molecule has 0 aliphatic carbocycles. The Morgan fingerprint density at radius 2 is 1.70 bits per heavy atom. The van der Waals surface area contributed by atoms with Crippen LogP contribution < -0.4 is 4.74 Å². The summed E-state index contributed by atoms with van der Waals surface area (Å²) in [7, 11) is 0. The zero-order valence-electron chi connectivity index (χ0n) is 11.7. The van der Waals surface area contributed by atoms with Gasteiger partial charge in [0.25, 0.3) is 0 Å². The first kappa shape index (κ1) is 11.6. The number of aryl methyl sites for hydroxylation is 1. The molecule has 0 saturated carbocycles. The zero-order chi connectivity index (χ0) is 13.7. The Labute approximate surface area is 117 Å². The van der Waals surface area contributed by atoms with Gasteiger partial charge in [-0.05, 0) is 26.7 Å². The summed E-state index contributed by atoms with van der Waals surface area (Å²) in [6.45, 7) is 4.29. The Balaban J connectivity index is 2.19. The van der Waals surface area contributed by atoms with E-state index in [-0.39, 0.29) is 5.60 Å². The van der Waals surface area contributed by atoms with Crippen molar-refractivity contribution in [3.63, 3.8) is 0 Å². The molecule has 2 aromatic carbocycles. The van der Waals surface area contributed by atoms with Gasteiger partial charge in [0.15, 0.2) is 0 Å². The van der Waals surface area contributed by atoms with Crippen molar-refractivity contribution in [2.24, 2.45) is 0 Å². The molecule has 4 rings (SSSR count). The molecule has 1 aliphatic heterocycles. The lowest BCUT2D eigenvalue weighted by Crippen LogP contribution is -2.32. The lowest BCUT2D eigenvalue weighted by Gasteiger charge is -2.33. The number of aromatic nitrogens is 2. The van der Waals surface area contributed by atoms with Gasteiger partial charge in [-0.15, -0.1) is 0 Å². The summed E-state index contributed by atoms with van der Waals surface area (Å²) in [5.74, 6) is 0.991. The lowest BCUT2D eigenvalue weighted by molar-refractivity contribution is 0.0873. The van der Waals surface area contributed by atoms with E-state index in [1.165, 1.54) is 5.56 Å². The van der Waals surface area contributed by atoms with Crippen molar-refractivity contribution in [1.82, 2.24) is 9.97 Å². The second kappa shape index (κ2) is 3.92. The van der Waals surface area contributed by atoms with Crippen molar-refractivity contribution >= 4 is 21.8 Å². The van der Waals surface area contributed by atoms with Gasteiger partial charge in [-0.3, -0.25) is 9.97 Å². The molecule has 0 atom stereocenters. The monoisotopic (exact) mass is 264 g/mol. The van der Waals surface area contributed by atoms with Gasteiger partial charge in [0, 0.05) is 28.7 Å². The summed E-state index contributed by atoms with van der Waals surface area (Å²) >= 11 is 0. The van der Waals surface area contributed by atoms with Crippen molar-refractivity contribution in [3.8, 4) is 5.75 Å². The molecular weight excluding hydrogens is 248 g/mol. The molecule has 3 aromatic rings. The number of benzene rings is 2. The maximum atomic E-state index is 6.27. The van der Waals surface area contributed by atoms with Gasteiger partial charge in [0.2, 0.25) is 0 Å². The van der Waals surface area contributed by atoms with Gasteiger partial charge in [0.05, 0.1) is 11.0 Å². The highest BCUT2D eigenvalue weighted by atomic mass is 16.5. The molecule has 2 heterocycles. The normalized spacial score (nSPS) is 16.9. The van der Waals surface area contributed by atoms with E-state index in [1.54, 1.807) is 12.4 Å². The summed E-state index contributed by atoms with van der Waals surface area (Å²) in [5, 5.41) is 2.26. The molecule has 0 radical (unpaired) electrons. The van der Waals surface area contributed by atoms with E-state index < -0.39 is 0 Å². The molecule has 3 nitrogen and oxygen atoms in total. The fourth-order valence-corrected chi connectivity index (χ4v) is 3.02. The van der Waals surface area contributed by atoms with Crippen LogP contribution in [0.4, 0.5) is 0 Å². The Morgan fingerprint density at radius 3 is 2.50 bits per heavy atom. The number of ether oxygens (including phenoxy) is 1. The van der Waals surface area contributed by atoms with Gasteiger partial charge >= 0.3 is 0 Å². The van der Waals surface area contributed by atoms with Crippen molar-refractivity contribution in [2.75, 3.05) is 0 Å². The number of rotatable bonds is 0. The molecule has 0 bridgehead atoms. The second-order valence-electron chi connectivity index (χ2n) is 5.97. The Hall–Kier alpha value is -2.16. The first-order chi connectivity index (χ1) is 9.66. The van der Waals surface area contributed by atoms with Crippen LogP contribution in [0.2, 0.25) is 0 Å². The minimum absolute atomic E-state index is 0.119. The van der Waals surface area contributed by atoms with Crippen LogP contribution in [0.5, 0.6) is 5.75 Å². The van der Waals surface area contributed by atoms with Gasteiger partial charge < -0.3 is 4.74 Å². The summed E-state index contributed by atoms with van der Waals surface area (Å²) in [4.78, 5) is 9.09. The molecule has 1 aromatic heterocycles. The molecule has 0 spiro atoms. The van der Waals surface area contributed by atoms with Crippen LogP contribution in [0.3, 0.4) is 0 Å². The molecule has 0 unspecified atom stereocenters. The summed E-state index contributed by atoms with van der Waals surface area (Å²) in [6.07, 6.45) is 5.51. The van der Waals surface area contributed by atoms with E-state index in [0.717, 1.165) is 40.4 Å². The van der Waals surface area contributed by atoms with Crippen LogP contribution in [0.1, 0.15) is 25.8 Å². The fourth-order valence-electron chi connectivity index (χ4n) is 3.02. The summed E-state index contributed by atoms with van der Waals surface area (Å²) < 4.78 is 6.27. The van der Waals surface area contributed by atoms with E-state index in [9.17, 15) is 0 Å². The number of hydrogen-bond donors (Lipinski definition) is 0. The third-order valence-electron chi connectivity index (χ3n) is 4.04. The third-order valence-corrected chi connectivity index (χ3v) is 4.04. The van der Waals surface area contributed by atoms with Gasteiger partial charge in [-0.25, -0.2) is 0 Å². The van der Waals surface area contributed by atoms with Gasteiger partial charge in [0.1, 0.15) is 11.4 Å². The van der Waals surface area contributed by atoms with Crippen LogP contribution >= 0.6 is 0 Å². The molecule has 3 heteroatoms. The standard InChI is InChI=1S/C17H16N2O/c1-17(2)8-7-13-15-14(18-9-10-19-15)11-5-3-4-6-12(11)16(13)20-17/h3-6,9-10H,7-8H2,1-2H3. The molecule has 100 valence electrons. The van der Waals surface area contributed by atoms with E-state index in [1.807, 2.05) is 6.07 Å². The van der Waals surface area contributed by atoms with Crippen LogP contribution in [0.25, 0.3) is 21.8 Å². The number of nitrogens with zero attached hydrogens (tertiary/aromatic N) is 2. The molecular formula is C17H16N2O. The molecule has 0 fully saturated rings. The lowest BCUT2D eigenvalue weighted by atomic mass is 9.91. The third kappa shape index (κ3) is 1.59. The van der Waals surface area contributed by atoms with E-state index >= 15 is 0 Å². The highest BCUT2D eigenvalue weighted by molar-refractivity contribution is 6.09. The first-order valence-electron chi connectivity index (χ1n) is 6.99. The van der Waals surface area contributed by atoms with Crippen molar-refractivity contribution in [2.45, 2.75) is 32.3 Å². The topological polar surface area (TPSA) is 35.0 Å². The van der Waals surface area contributed by atoms with E-state index in [2.05, 4.69) is 42.0 Å². The average Bonchev–Trinajstić information content (AvgIpc) is 2.46. The minimum atomic E-state index is -0.119. The number of hydrogen-bond acceptors (Lipinski definition) is 3. The van der Waals surface area contributed by atoms with Crippen LogP contribution in [0, 0.1) is 0 Å². The maximum Gasteiger partial charge on any atom is 0.133 e. The second-order valence-corrected chi connectivity index (χ2v) is 5.97. The van der Waals surface area contributed by atoms with E-state index in [0.29, 0.717) is 0 Å². The van der Waals surface area contributed by atoms with Crippen LogP contribution in [0.15, 0.2) is 36.7 Å². The maximum absolute atomic E-state index is 6.27. The van der Waals surface area contributed by atoms with Crippen molar-refractivity contribution in [1.29, 1.82) is 0 Å². The van der Waals surface area contributed by atoms with Crippen molar-refractivity contribution < 1.29 is 4.74 Å². The Morgan fingerprint density at radius 1 is 1.00 bits per heavy atom. The average molecular weight is 264 g/mol. The molecule has 0 amide bonds. The quantitative estimate of drug-likeness (QED) is 0.578. The Kier molecular flexibility index (Phi) is 2.28. The summed E-state index contributed by atoms with van der Waals surface area (Å²) in [6, 6.07) is 8.30.